The summed E-state index contributed by atoms with van der Waals surface area (Å²) in [6, 6.07) is 6.88. The molecule has 1 unspecified atom stereocenters. The first kappa shape index (κ1) is 16.3. The lowest BCUT2D eigenvalue weighted by Gasteiger charge is -2.28. The van der Waals surface area contributed by atoms with Crippen molar-refractivity contribution in [3.63, 3.8) is 0 Å². The molecule has 3 heteroatoms. The van der Waals surface area contributed by atoms with Crippen LogP contribution in [0.5, 0.6) is 0 Å². The lowest BCUT2D eigenvalue weighted by atomic mass is 9.87. The number of halogens is 2. The minimum atomic E-state index is 0.457. The zero-order valence-electron chi connectivity index (χ0n) is 12.3. The summed E-state index contributed by atoms with van der Waals surface area (Å²) < 4.78 is 0.984. The molecule has 0 aliphatic heterocycles. The van der Waals surface area contributed by atoms with E-state index < -0.39 is 0 Å². The summed E-state index contributed by atoms with van der Waals surface area (Å²) in [5.74, 6) is 0.751. The van der Waals surface area contributed by atoms with Crippen LogP contribution in [0.2, 0.25) is 5.02 Å². The Morgan fingerprint density at radius 3 is 2.55 bits per heavy atom. The van der Waals surface area contributed by atoms with Gasteiger partial charge in [-0.15, -0.1) is 0 Å². The maximum absolute atomic E-state index is 6.29. The van der Waals surface area contributed by atoms with E-state index in [1.165, 1.54) is 50.5 Å². The Balaban J connectivity index is 2.18. The van der Waals surface area contributed by atoms with Gasteiger partial charge in [0, 0.05) is 10.5 Å². The Kier molecular flexibility index (Phi) is 6.86. The molecule has 20 heavy (non-hydrogen) atoms. The van der Waals surface area contributed by atoms with Crippen molar-refractivity contribution in [1.82, 2.24) is 5.32 Å². The van der Waals surface area contributed by atoms with Crippen molar-refractivity contribution in [2.24, 2.45) is 5.92 Å². The summed E-state index contributed by atoms with van der Waals surface area (Å²) in [6.07, 6.45) is 9.41. The molecule has 0 bridgehead atoms. The molecular formula is C17H25BrClN. The Hall–Kier alpha value is -0.0500. The molecule has 112 valence electrons. The zero-order valence-corrected chi connectivity index (χ0v) is 14.6. The van der Waals surface area contributed by atoms with Crippen LogP contribution < -0.4 is 5.32 Å². The van der Waals surface area contributed by atoms with Gasteiger partial charge < -0.3 is 5.32 Å². The number of hydrogen-bond donors (Lipinski definition) is 1. The van der Waals surface area contributed by atoms with Gasteiger partial charge in [0.2, 0.25) is 0 Å². The lowest BCUT2D eigenvalue weighted by Crippen LogP contribution is -2.29. The van der Waals surface area contributed by atoms with Crippen LogP contribution in [0, 0.1) is 5.92 Å². The molecule has 1 aliphatic carbocycles. The highest BCUT2D eigenvalue weighted by Gasteiger charge is 2.24. The van der Waals surface area contributed by atoms with E-state index in [0.29, 0.717) is 6.04 Å². The van der Waals surface area contributed by atoms with Crippen LogP contribution in [0.4, 0.5) is 0 Å². The Labute approximate surface area is 136 Å². The maximum atomic E-state index is 6.29. The predicted molar refractivity (Wildman–Crippen MR) is 91.4 cm³/mol. The molecule has 1 aliphatic rings. The number of hydrogen-bond acceptors (Lipinski definition) is 1. The van der Waals surface area contributed by atoms with Crippen molar-refractivity contribution in [1.29, 1.82) is 0 Å². The van der Waals surface area contributed by atoms with Crippen molar-refractivity contribution in [3.8, 4) is 0 Å². The summed E-state index contributed by atoms with van der Waals surface area (Å²) in [7, 11) is 0. The summed E-state index contributed by atoms with van der Waals surface area (Å²) in [4.78, 5) is 0. The van der Waals surface area contributed by atoms with E-state index in [1.54, 1.807) is 0 Å². The number of rotatable bonds is 5. The van der Waals surface area contributed by atoms with Crippen LogP contribution in [-0.2, 0) is 0 Å². The molecular weight excluding hydrogens is 334 g/mol. The van der Waals surface area contributed by atoms with Gasteiger partial charge >= 0.3 is 0 Å². The third-order valence-electron chi connectivity index (χ3n) is 4.29. The average Bonchev–Trinajstić information content (AvgIpc) is 2.72. The van der Waals surface area contributed by atoms with Crippen molar-refractivity contribution in [2.45, 2.75) is 57.9 Å². The Morgan fingerprint density at radius 2 is 1.95 bits per heavy atom. The second-order valence-corrected chi connectivity index (χ2v) is 7.12. The maximum Gasteiger partial charge on any atom is 0.0551 e. The van der Waals surface area contributed by atoms with Gasteiger partial charge in [-0.3, -0.25) is 0 Å². The molecule has 0 spiro atoms. The minimum absolute atomic E-state index is 0.457. The molecule has 1 N–H and O–H groups in total. The topological polar surface area (TPSA) is 12.0 Å². The molecule has 1 aromatic rings. The van der Waals surface area contributed by atoms with Gasteiger partial charge in [0.25, 0.3) is 0 Å². The Bertz CT molecular complexity index is 413. The van der Waals surface area contributed by atoms with E-state index in [4.69, 9.17) is 11.6 Å². The van der Waals surface area contributed by atoms with Crippen LogP contribution in [0.15, 0.2) is 22.7 Å². The quantitative estimate of drug-likeness (QED) is 0.626. The average molecular weight is 359 g/mol. The monoisotopic (exact) mass is 357 g/mol. The van der Waals surface area contributed by atoms with Gasteiger partial charge in [-0.25, -0.2) is 0 Å². The van der Waals surface area contributed by atoms with Gasteiger partial charge in [-0.1, -0.05) is 50.3 Å². The van der Waals surface area contributed by atoms with E-state index in [-0.39, 0.29) is 0 Å². The summed E-state index contributed by atoms with van der Waals surface area (Å²) >= 11 is 9.78. The van der Waals surface area contributed by atoms with Gasteiger partial charge in [-0.05, 0) is 65.4 Å². The van der Waals surface area contributed by atoms with Crippen LogP contribution >= 0.6 is 27.5 Å². The van der Waals surface area contributed by atoms with Gasteiger partial charge in [0.05, 0.1) is 5.02 Å². The first-order valence-corrected chi connectivity index (χ1v) is 9.07. The molecule has 1 fully saturated rings. The molecule has 0 heterocycles. The molecule has 1 nitrogen and oxygen atoms in total. The molecule has 2 rings (SSSR count). The predicted octanol–water partition coefficient (Wildman–Crippen LogP) is 6.11. The van der Waals surface area contributed by atoms with Crippen molar-refractivity contribution in [2.75, 3.05) is 6.54 Å². The second kappa shape index (κ2) is 8.41. The van der Waals surface area contributed by atoms with E-state index in [9.17, 15) is 0 Å². The third kappa shape index (κ3) is 4.47. The van der Waals surface area contributed by atoms with E-state index in [2.05, 4.69) is 46.4 Å². The van der Waals surface area contributed by atoms with Crippen LogP contribution in [-0.4, -0.2) is 6.54 Å². The zero-order chi connectivity index (χ0) is 14.4. The van der Waals surface area contributed by atoms with Crippen LogP contribution in [0.25, 0.3) is 0 Å². The van der Waals surface area contributed by atoms with Gasteiger partial charge in [0.1, 0.15) is 0 Å². The normalized spacial score (nSPS) is 18.8. The van der Waals surface area contributed by atoms with Crippen molar-refractivity contribution < 1.29 is 0 Å². The third-order valence-corrected chi connectivity index (χ3v) is 5.52. The van der Waals surface area contributed by atoms with Crippen LogP contribution in [0.3, 0.4) is 0 Å². The Morgan fingerprint density at radius 1 is 1.25 bits per heavy atom. The highest BCUT2D eigenvalue weighted by molar-refractivity contribution is 9.10. The first-order valence-electron chi connectivity index (χ1n) is 7.90. The molecule has 1 atom stereocenters. The lowest BCUT2D eigenvalue weighted by molar-refractivity contribution is 0.326. The smallest absolute Gasteiger partial charge is 0.0551 e. The summed E-state index contributed by atoms with van der Waals surface area (Å²) in [5, 5.41) is 4.57. The number of benzene rings is 1. The number of nitrogens with one attached hydrogen (secondary N) is 1. The SMILES string of the molecule is CCCNC(c1ccc(Br)c(Cl)c1)C1CCCCCC1. The van der Waals surface area contributed by atoms with Gasteiger partial charge in [-0.2, -0.15) is 0 Å². The summed E-state index contributed by atoms with van der Waals surface area (Å²) in [6.45, 7) is 3.31. The molecule has 0 amide bonds. The minimum Gasteiger partial charge on any atom is -0.310 e. The van der Waals surface area contributed by atoms with Crippen molar-refractivity contribution >= 4 is 27.5 Å². The summed E-state index contributed by atoms with van der Waals surface area (Å²) in [5.41, 5.74) is 1.35. The second-order valence-electron chi connectivity index (χ2n) is 5.86. The fraction of sp³-hybridized carbons (Fsp3) is 0.647. The molecule has 0 saturated heterocycles. The molecule has 0 aromatic heterocycles. The van der Waals surface area contributed by atoms with Crippen LogP contribution in [0.1, 0.15) is 63.5 Å². The standard InChI is InChI=1S/C17H25BrClN/c1-2-11-20-17(13-7-5-3-4-6-8-13)14-9-10-15(18)16(19)12-14/h9-10,12-13,17,20H,2-8,11H2,1H3. The fourth-order valence-electron chi connectivity index (χ4n) is 3.21. The molecule has 1 aromatic carbocycles. The van der Waals surface area contributed by atoms with E-state index in [0.717, 1.165) is 22.0 Å². The highest BCUT2D eigenvalue weighted by Crippen LogP contribution is 2.35. The molecule has 1 saturated carbocycles. The fourth-order valence-corrected chi connectivity index (χ4v) is 3.64. The van der Waals surface area contributed by atoms with Crippen molar-refractivity contribution in [3.05, 3.63) is 33.3 Å². The largest absolute Gasteiger partial charge is 0.310 e. The van der Waals surface area contributed by atoms with Gasteiger partial charge in [0.15, 0.2) is 0 Å². The first-order chi connectivity index (χ1) is 9.72. The molecule has 0 radical (unpaired) electrons. The van der Waals surface area contributed by atoms with E-state index in [1.807, 2.05) is 0 Å². The van der Waals surface area contributed by atoms with E-state index >= 15 is 0 Å². The highest BCUT2D eigenvalue weighted by atomic mass is 79.9.